The Kier molecular flexibility index (Phi) is 7.01. The quantitative estimate of drug-likeness (QED) is 0.448. The van der Waals surface area contributed by atoms with Gasteiger partial charge in [-0.3, -0.25) is 9.48 Å². The Labute approximate surface area is 215 Å². The van der Waals surface area contributed by atoms with Gasteiger partial charge >= 0.3 is 0 Å². The zero-order chi connectivity index (χ0) is 25.1. The van der Waals surface area contributed by atoms with Gasteiger partial charge in [0.25, 0.3) is 5.91 Å². The second-order valence-electron chi connectivity index (χ2n) is 9.04. The number of amides is 1. The number of likely N-dealkylation sites (tertiary alicyclic amines) is 1. The van der Waals surface area contributed by atoms with Crippen LogP contribution in [0.5, 0.6) is 0 Å². The molecule has 1 aromatic carbocycles. The minimum Gasteiger partial charge on any atom is -0.383 e. The molecule has 2 aromatic heterocycles. The maximum Gasteiger partial charge on any atom is 0.255 e. The van der Waals surface area contributed by atoms with Crippen molar-refractivity contribution in [3.63, 3.8) is 0 Å². The molecule has 0 saturated carbocycles. The minimum atomic E-state index is -0.241. The summed E-state index contributed by atoms with van der Waals surface area (Å²) in [7, 11) is 1.84. The van der Waals surface area contributed by atoms with Gasteiger partial charge in [0, 0.05) is 74.2 Å². The van der Waals surface area contributed by atoms with Crippen LogP contribution in [0.25, 0.3) is 11.1 Å². The smallest absolute Gasteiger partial charge is 0.255 e. The average Bonchev–Trinajstić information content (AvgIpc) is 3.54. The molecule has 1 amide bonds. The molecule has 0 aliphatic carbocycles. The number of rotatable bonds is 5. The Bertz CT molecular complexity index is 1240. The number of hydrogen-bond donors (Lipinski definition) is 3. The fourth-order valence-corrected chi connectivity index (χ4v) is 4.77. The second-order valence-corrected chi connectivity index (χ2v) is 9.43. The van der Waals surface area contributed by atoms with Crippen LogP contribution < -0.4 is 21.3 Å². The third kappa shape index (κ3) is 5.42. The van der Waals surface area contributed by atoms with Crippen molar-refractivity contribution < 1.29 is 9.53 Å². The van der Waals surface area contributed by atoms with Crippen molar-refractivity contribution in [1.29, 1.82) is 0 Å². The monoisotopic (exact) mass is 506 g/mol. The van der Waals surface area contributed by atoms with E-state index in [0.717, 1.165) is 56.1 Å². The first-order valence-corrected chi connectivity index (χ1v) is 12.4. The van der Waals surface area contributed by atoms with Gasteiger partial charge in [0.2, 0.25) is 0 Å². The molecule has 0 unspecified atom stereocenters. The first-order valence-electron chi connectivity index (χ1n) is 12.0. The number of pyridine rings is 1. The molecular formula is C25H30N8O2S. The summed E-state index contributed by atoms with van der Waals surface area (Å²) in [5.41, 5.74) is 10.2. The fraction of sp³-hybridized carbons (Fsp3) is 0.360. The molecule has 5 rings (SSSR count). The third-order valence-electron chi connectivity index (χ3n) is 6.51. The third-order valence-corrected chi connectivity index (χ3v) is 6.87. The van der Waals surface area contributed by atoms with Crippen LogP contribution in [-0.2, 0) is 11.8 Å². The summed E-state index contributed by atoms with van der Waals surface area (Å²) in [5, 5.41) is 11.2. The summed E-state index contributed by atoms with van der Waals surface area (Å²) in [4.78, 5) is 21.6. The van der Waals surface area contributed by atoms with Gasteiger partial charge in [-0.05, 0) is 49.0 Å². The van der Waals surface area contributed by atoms with Gasteiger partial charge in [0.05, 0.1) is 25.0 Å². The lowest BCUT2D eigenvalue weighted by Crippen LogP contribution is -2.39. The molecule has 10 nitrogen and oxygen atoms in total. The van der Waals surface area contributed by atoms with E-state index in [1.165, 1.54) is 5.69 Å². The summed E-state index contributed by atoms with van der Waals surface area (Å²) in [5.74, 6) is -0.0390. The molecule has 4 N–H and O–H groups in total. The predicted octanol–water partition coefficient (Wildman–Crippen LogP) is 2.10. The number of ether oxygens (including phenoxy) is 1. The highest BCUT2D eigenvalue weighted by molar-refractivity contribution is 7.80. The van der Waals surface area contributed by atoms with E-state index in [2.05, 4.69) is 42.6 Å². The highest BCUT2D eigenvalue weighted by atomic mass is 32.1. The molecular weight excluding hydrogens is 476 g/mol. The van der Waals surface area contributed by atoms with Crippen LogP contribution in [0, 0.1) is 0 Å². The average molecular weight is 507 g/mol. The molecule has 0 spiro atoms. The lowest BCUT2D eigenvalue weighted by atomic mass is 10.1. The van der Waals surface area contributed by atoms with Gasteiger partial charge in [-0.2, -0.15) is 5.10 Å². The van der Waals surface area contributed by atoms with Gasteiger partial charge in [-0.15, -0.1) is 0 Å². The van der Waals surface area contributed by atoms with Gasteiger partial charge in [0.15, 0.2) is 5.11 Å². The fourth-order valence-electron chi connectivity index (χ4n) is 4.49. The number of anilines is 3. The van der Waals surface area contributed by atoms with Gasteiger partial charge in [-0.25, -0.2) is 4.98 Å². The Morgan fingerprint density at radius 1 is 1.14 bits per heavy atom. The van der Waals surface area contributed by atoms with Gasteiger partial charge < -0.3 is 30.9 Å². The van der Waals surface area contributed by atoms with Crippen LogP contribution in [0.3, 0.4) is 0 Å². The van der Waals surface area contributed by atoms with Crippen molar-refractivity contribution in [2.24, 2.45) is 7.05 Å². The van der Waals surface area contributed by atoms with E-state index in [4.69, 9.17) is 22.7 Å². The van der Waals surface area contributed by atoms with E-state index in [9.17, 15) is 4.79 Å². The number of aromatic nitrogens is 3. The number of nitrogens with zero attached hydrogens (tertiary/aromatic N) is 5. The van der Waals surface area contributed by atoms with Crippen LogP contribution in [0.1, 0.15) is 16.8 Å². The topological polar surface area (TPSA) is 114 Å². The predicted molar refractivity (Wildman–Crippen MR) is 144 cm³/mol. The highest BCUT2D eigenvalue weighted by Gasteiger charge is 2.27. The van der Waals surface area contributed by atoms with Crippen LogP contribution >= 0.6 is 12.2 Å². The summed E-state index contributed by atoms with van der Waals surface area (Å²) in [6, 6.07) is 9.99. The minimum absolute atomic E-state index is 0.0394. The van der Waals surface area contributed by atoms with E-state index >= 15 is 0 Å². The van der Waals surface area contributed by atoms with Crippen molar-refractivity contribution in [3.05, 3.63) is 54.5 Å². The molecule has 3 aromatic rings. The Morgan fingerprint density at radius 2 is 1.92 bits per heavy atom. The molecule has 1 atom stereocenters. The Morgan fingerprint density at radius 3 is 2.64 bits per heavy atom. The number of benzene rings is 1. The molecule has 36 heavy (non-hydrogen) atoms. The number of nitrogens with one attached hydrogen (secondary N) is 2. The first-order chi connectivity index (χ1) is 17.5. The van der Waals surface area contributed by atoms with Crippen LogP contribution in [0.4, 0.5) is 17.2 Å². The molecule has 0 radical (unpaired) electrons. The summed E-state index contributed by atoms with van der Waals surface area (Å²) in [6.45, 7) is 4.71. The Balaban J connectivity index is 1.16. The van der Waals surface area contributed by atoms with E-state index in [-0.39, 0.29) is 17.8 Å². The largest absolute Gasteiger partial charge is 0.383 e. The number of carbonyl (C=O) groups is 1. The number of thiocarbonyl (C=S) groups is 1. The van der Waals surface area contributed by atoms with Crippen LogP contribution in [-0.4, -0.2) is 76.1 Å². The summed E-state index contributed by atoms with van der Waals surface area (Å²) >= 11 is 5.65. The second kappa shape index (κ2) is 10.5. The molecule has 2 aliphatic heterocycles. The number of nitrogens with two attached hydrogens (primary N) is 1. The summed E-state index contributed by atoms with van der Waals surface area (Å²) < 4.78 is 7.13. The normalized spacial score (nSPS) is 17.8. The Hall–Kier alpha value is -3.70. The molecule has 2 fully saturated rings. The zero-order valence-electron chi connectivity index (χ0n) is 20.2. The molecule has 2 saturated heterocycles. The van der Waals surface area contributed by atoms with Crippen molar-refractivity contribution in [2.75, 3.05) is 55.3 Å². The molecule has 188 valence electrons. The SMILES string of the molecule is Cn1cc(-c2cnc(N)c(C(=O)N[C@@H]3CCN(C(=S)Nc4ccc(N5CCOCC5)cc4)C3)c2)cn1. The van der Waals surface area contributed by atoms with E-state index < -0.39 is 0 Å². The molecule has 11 heteroatoms. The molecule has 0 bridgehead atoms. The number of nitrogen functional groups attached to an aromatic ring is 1. The summed E-state index contributed by atoms with van der Waals surface area (Å²) in [6.07, 6.45) is 6.04. The van der Waals surface area contributed by atoms with Gasteiger partial charge in [-0.1, -0.05) is 0 Å². The van der Waals surface area contributed by atoms with Crippen molar-refractivity contribution in [1.82, 2.24) is 25.0 Å². The van der Waals surface area contributed by atoms with E-state index in [1.807, 2.05) is 25.4 Å². The number of morpholine rings is 1. The number of hydrogen-bond acceptors (Lipinski definition) is 7. The van der Waals surface area contributed by atoms with Crippen molar-refractivity contribution >= 4 is 40.4 Å². The first kappa shape index (κ1) is 24.0. The van der Waals surface area contributed by atoms with Crippen molar-refractivity contribution in [2.45, 2.75) is 12.5 Å². The number of carbonyl (C=O) groups excluding carboxylic acids is 1. The maximum absolute atomic E-state index is 13.0. The lowest BCUT2D eigenvalue weighted by molar-refractivity contribution is 0.0939. The van der Waals surface area contributed by atoms with Crippen molar-refractivity contribution in [3.8, 4) is 11.1 Å². The van der Waals surface area contributed by atoms with E-state index in [0.29, 0.717) is 17.2 Å². The van der Waals surface area contributed by atoms with E-state index in [1.54, 1.807) is 23.1 Å². The van der Waals surface area contributed by atoms with Gasteiger partial charge in [0.1, 0.15) is 5.82 Å². The molecule has 2 aliphatic rings. The van der Waals surface area contributed by atoms with Crippen LogP contribution in [0.2, 0.25) is 0 Å². The van der Waals surface area contributed by atoms with Crippen LogP contribution in [0.15, 0.2) is 48.9 Å². The maximum atomic E-state index is 13.0. The highest BCUT2D eigenvalue weighted by Crippen LogP contribution is 2.23. The molecule has 4 heterocycles. The zero-order valence-corrected chi connectivity index (χ0v) is 21.0. The standard InChI is InChI=1S/C25H30N8O2S/c1-31-15-18(14-28-31)17-12-22(23(26)27-13-17)24(34)29-20-6-7-33(16-20)25(36)30-19-2-4-21(5-3-19)32-8-10-35-11-9-32/h2-5,12-15,20H,6-11,16H2,1H3,(H2,26,27)(H,29,34)(H,30,36)/t20-/m1/s1. The number of aryl methyl sites for hydroxylation is 1. The lowest BCUT2D eigenvalue weighted by Gasteiger charge is -2.29.